The zero-order valence-electron chi connectivity index (χ0n) is 12.1. The van der Waals surface area contributed by atoms with E-state index in [9.17, 15) is 14.0 Å². The van der Waals surface area contributed by atoms with Crippen LogP contribution in [0, 0.1) is 5.82 Å². The Labute approximate surface area is 132 Å². The molecule has 1 atom stereocenters. The zero-order chi connectivity index (χ0) is 16.2. The topological polar surface area (TPSA) is 59.5 Å². The van der Waals surface area contributed by atoms with Gasteiger partial charge < -0.3 is 4.74 Å². The highest BCUT2D eigenvalue weighted by molar-refractivity contribution is 6.02. The number of hydrogen-bond acceptors (Lipinski definition) is 4. The summed E-state index contributed by atoms with van der Waals surface area (Å²) < 4.78 is 18.5. The molecule has 0 bridgehead atoms. The molecule has 0 radical (unpaired) electrons. The van der Waals surface area contributed by atoms with E-state index in [1.807, 2.05) is 30.3 Å². The van der Waals surface area contributed by atoms with Crippen molar-refractivity contribution in [3.8, 4) is 0 Å². The first kappa shape index (κ1) is 14.9. The molecule has 0 unspecified atom stereocenters. The Hall–Kier alpha value is -3.02. The normalized spacial score (nSPS) is 17.5. The summed E-state index contributed by atoms with van der Waals surface area (Å²) in [6.45, 7) is 0.103. The molecule has 3 rings (SSSR count). The fourth-order valence-electron chi connectivity index (χ4n) is 2.35. The standard InChI is InChI=1S/C17H13FN2O3/c18-14-10-19-9-8-12(14)6-7-16(21)20-15(11-23-17(20)22)13-4-2-1-3-5-13/h1-10,15H,11H2/t15-/m0/s1. The van der Waals surface area contributed by atoms with Crippen molar-refractivity contribution in [3.05, 3.63) is 71.8 Å². The second-order valence-corrected chi connectivity index (χ2v) is 4.94. The highest BCUT2D eigenvalue weighted by atomic mass is 19.1. The molecule has 23 heavy (non-hydrogen) atoms. The summed E-state index contributed by atoms with van der Waals surface area (Å²) in [7, 11) is 0. The van der Waals surface area contributed by atoms with E-state index in [0.717, 1.165) is 22.7 Å². The number of carbonyl (C=O) groups excluding carboxylic acids is 2. The summed E-state index contributed by atoms with van der Waals surface area (Å²) in [6, 6.07) is 10.1. The lowest BCUT2D eigenvalue weighted by Crippen LogP contribution is -2.32. The molecule has 1 aromatic carbocycles. The van der Waals surface area contributed by atoms with Gasteiger partial charge in [-0.15, -0.1) is 0 Å². The molecule has 5 nitrogen and oxygen atoms in total. The molecule has 1 aliphatic heterocycles. The summed E-state index contributed by atoms with van der Waals surface area (Å²) in [5.41, 5.74) is 1.02. The third-order valence-corrected chi connectivity index (χ3v) is 3.50. The Morgan fingerprint density at radius 3 is 2.83 bits per heavy atom. The third kappa shape index (κ3) is 3.11. The van der Waals surface area contributed by atoms with Crippen molar-refractivity contribution < 1.29 is 18.7 Å². The molecule has 0 N–H and O–H groups in total. The van der Waals surface area contributed by atoms with Crippen LogP contribution in [0.1, 0.15) is 17.2 Å². The average Bonchev–Trinajstić information content (AvgIpc) is 2.96. The van der Waals surface area contributed by atoms with Crippen LogP contribution in [0.5, 0.6) is 0 Å². The highest BCUT2D eigenvalue weighted by Gasteiger charge is 2.37. The maximum Gasteiger partial charge on any atom is 0.417 e. The van der Waals surface area contributed by atoms with Gasteiger partial charge in [0.15, 0.2) is 0 Å². The Bertz CT molecular complexity index is 761. The molecular formula is C17H13FN2O3. The van der Waals surface area contributed by atoms with Gasteiger partial charge in [0, 0.05) is 17.8 Å². The highest BCUT2D eigenvalue weighted by Crippen LogP contribution is 2.27. The van der Waals surface area contributed by atoms with E-state index in [1.165, 1.54) is 18.3 Å². The van der Waals surface area contributed by atoms with Gasteiger partial charge in [-0.25, -0.2) is 14.1 Å². The van der Waals surface area contributed by atoms with Crippen LogP contribution in [-0.4, -0.2) is 28.5 Å². The number of ether oxygens (including phenoxy) is 1. The van der Waals surface area contributed by atoms with Crippen molar-refractivity contribution in [1.29, 1.82) is 0 Å². The molecule has 0 saturated carbocycles. The van der Waals surface area contributed by atoms with Crippen LogP contribution >= 0.6 is 0 Å². The molecule has 2 aromatic rings. The first-order valence-electron chi connectivity index (χ1n) is 6.99. The van der Waals surface area contributed by atoms with Crippen molar-refractivity contribution in [1.82, 2.24) is 9.88 Å². The van der Waals surface area contributed by atoms with Gasteiger partial charge in [-0.1, -0.05) is 30.3 Å². The molecule has 1 fully saturated rings. The van der Waals surface area contributed by atoms with Crippen LogP contribution in [0.4, 0.5) is 9.18 Å². The first-order chi connectivity index (χ1) is 11.2. The summed E-state index contributed by atoms with van der Waals surface area (Å²) in [5.74, 6) is -1.10. The second-order valence-electron chi connectivity index (χ2n) is 4.94. The fourth-order valence-corrected chi connectivity index (χ4v) is 2.35. The van der Waals surface area contributed by atoms with E-state index in [1.54, 1.807) is 0 Å². The number of pyridine rings is 1. The van der Waals surface area contributed by atoms with Gasteiger partial charge in [0.1, 0.15) is 18.5 Å². The van der Waals surface area contributed by atoms with Crippen LogP contribution in [0.25, 0.3) is 6.08 Å². The number of nitrogens with zero attached hydrogens (tertiary/aromatic N) is 2. The molecular weight excluding hydrogens is 299 g/mol. The minimum atomic E-state index is -0.705. The maximum absolute atomic E-state index is 13.5. The minimum absolute atomic E-state index is 0.103. The van der Waals surface area contributed by atoms with Crippen molar-refractivity contribution in [3.63, 3.8) is 0 Å². The van der Waals surface area contributed by atoms with Crippen LogP contribution in [-0.2, 0) is 9.53 Å². The van der Waals surface area contributed by atoms with Crippen LogP contribution in [0.3, 0.4) is 0 Å². The Balaban J connectivity index is 1.82. The second kappa shape index (κ2) is 6.39. The van der Waals surface area contributed by atoms with Crippen molar-refractivity contribution >= 4 is 18.1 Å². The molecule has 1 aliphatic rings. The average molecular weight is 312 g/mol. The number of hydrogen-bond donors (Lipinski definition) is 0. The number of carbonyl (C=O) groups is 2. The zero-order valence-corrected chi connectivity index (χ0v) is 12.1. The molecule has 1 aromatic heterocycles. The monoisotopic (exact) mass is 312 g/mol. The van der Waals surface area contributed by atoms with Gasteiger partial charge >= 0.3 is 6.09 Å². The number of amides is 2. The number of cyclic esters (lactones) is 1. The quantitative estimate of drug-likeness (QED) is 0.818. The molecule has 6 heteroatoms. The number of rotatable bonds is 3. The predicted octanol–water partition coefficient (Wildman–Crippen LogP) is 2.95. The van der Waals surface area contributed by atoms with Crippen LogP contribution in [0.2, 0.25) is 0 Å². The van der Waals surface area contributed by atoms with E-state index < -0.39 is 23.9 Å². The van der Waals surface area contributed by atoms with E-state index in [-0.39, 0.29) is 12.2 Å². The van der Waals surface area contributed by atoms with Gasteiger partial charge in [-0.3, -0.25) is 9.78 Å². The molecule has 2 amide bonds. The van der Waals surface area contributed by atoms with Crippen molar-refractivity contribution in [2.75, 3.05) is 6.61 Å². The molecule has 0 aliphatic carbocycles. The van der Waals surface area contributed by atoms with E-state index in [4.69, 9.17) is 4.74 Å². The van der Waals surface area contributed by atoms with Gasteiger partial charge in [0.05, 0.1) is 6.20 Å². The van der Waals surface area contributed by atoms with Crippen molar-refractivity contribution in [2.45, 2.75) is 6.04 Å². The lowest BCUT2D eigenvalue weighted by molar-refractivity contribution is -0.124. The van der Waals surface area contributed by atoms with Gasteiger partial charge in [-0.05, 0) is 17.7 Å². The van der Waals surface area contributed by atoms with Crippen LogP contribution in [0.15, 0.2) is 54.9 Å². The molecule has 1 saturated heterocycles. The third-order valence-electron chi connectivity index (χ3n) is 3.50. The number of benzene rings is 1. The SMILES string of the molecule is O=C(C=Cc1ccncc1F)N1C(=O)OC[C@H]1c1ccccc1. The summed E-state index contributed by atoms with van der Waals surface area (Å²) in [5, 5.41) is 0. The molecule has 116 valence electrons. The summed E-state index contributed by atoms with van der Waals surface area (Å²) >= 11 is 0. The molecule has 2 heterocycles. The van der Waals surface area contributed by atoms with Crippen LogP contribution < -0.4 is 0 Å². The van der Waals surface area contributed by atoms with Gasteiger partial charge in [-0.2, -0.15) is 0 Å². The summed E-state index contributed by atoms with van der Waals surface area (Å²) in [6.07, 6.45) is 4.24. The van der Waals surface area contributed by atoms with Gasteiger partial charge in [0.25, 0.3) is 5.91 Å². The van der Waals surface area contributed by atoms with E-state index >= 15 is 0 Å². The first-order valence-corrected chi connectivity index (χ1v) is 6.99. The Morgan fingerprint density at radius 1 is 1.30 bits per heavy atom. The Kier molecular flexibility index (Phi) is 4.14. The Morgan fingerprint density at radius 2 is 2.09 bits per heavy atom. The predicted molar refractivity (Wildman–Crippen MR) is 80.6 cm³/mol. The summed E-state index contributed by atoms with van der Waals surface area (Å²) in [4.78, 5) is 28.8. The lowest BCUT2D eigenvalue weighted by Gasteiger charge is -2.18. The number of imide groups is 1. The maximum atomic E-state index is 13.5. The molecule has 0 spiro atoms. The fraction of sp³-hybridized carbons (Fsp3) is 0.118. The lowest BCUT2D eigenvalue weighted by atomic mass is 10.1. The number of halogens is 1. The van der Waals surface area contributed by atoms with E-state index in [2.05, 4.69) is 4.98 Å². The minimum Gasteiger partial charge on any atom is -0.446 e. The largest absolute Gasteiger partial charge is 0.446 e. The number of aromatic nitrogens is 1. The van der Waals surface area contributed by atoms with Gasteiger partial charge in [0.2, 0.25) is 0 Å². The van der Waals surface area contributed by atoms with Crippen molar-refractivity contribution in [2.24, 2.45) is 0 Å². The smallest absolute Gasteiger partial charge is 0.417 e. The van der Waals surface area contributed by atoms with E-state index in [0.29, 0.717) is 0 Å².